The second-order valence-corrected chi connectivity index (χ2v) is 8.23. The lowest BCUT2D eigenvalue weighted by Gasteiger charge is -2.25. The molecule has 0 N–H and O–H groups in total. The molecule has 172 valence electrons. The predicted octanol–water partition coefficient (Wildman–Crippen LogP) is 3.93. The number of benzene rings is 1. The molecule has 2 fully saturated rings. The van der Waals surface area contributed by atoms with E-state index in [-0.39, 0.29) is 42.4 Å². The lowest BCUT2D eigenvalue weighted by Crippen LogP contribution is -2.37. The van der Waals surface area contributed by atoms with E-state index in [1.807, 2.05) is 4.90 Å². The molecule has 3 aromatic rings. The van der Waals surface area contributed by atoms with Crippen LogP contribution in [-0.2, 0) is 6.18 Å². The van der Waals surface area contributed by atoms with E-state index in [1.165, 1.54) is 0 Å². The van der Waals surface area contributed by atoms with Gasteiger partial charge in [-0.3, -0.25) is 4.79 Å². The number of nitrogens with zero attached hydrogens (tertiary/aromatic N) is 5. The summed E-state index contributed by atoms with van der Waals surface area (Å²) in [5.41, 5.74) is -0.00879. The zero-order valence-electron chi connectivity index (χ0n) is 17.6. The number of halogens is 3. The van der Waals surface area contributed by atoms with Crippen molar-refractivity contribution in [2.45, 2.75) is 44.4 Å². The zero-order valence-corrected chi connectivity index (χ0v) is 17.6. The minimum atomic E-state index is -4.57. The SMILES string of the molecule is Cc1noc(-c2ccccc2C(=O)N2C3CCC2C(COc2nccc(C(F)(F)F)n2)C3)n1. The zero-order chi connectivity index (χ0) is 23.2. The molecule has 1 aromatic carbocycles. The number of aromatic nitrogens is 4. The molecule has 4 heterocycles. The van der Waals surface area contributed by atoms with Crippen molar-refractivity contribution in [2.75, 3.05) is 6.61 Å². The minimum Gasteiger partial charge on any atom is -0.463 e. The average Bonchev–Trinajstić information content (AvgIpc) is 3.51. The fraction of sp³-hybridized carbons (Fsp3) is 0.409. The number of amides is 1. The Hall–Kier alpha value is -3.50. The maximum Gasteiger partial charge on any atom is 0.433 e. The minimum absolute atomic E-state index is 0.0244. The molecule has 33 heavy (non-hydrogen) atoms. The second-order valence-electron chi connectivity index (χ2n) is 8.23. The van der Waals surface area contributed by atoms with E-state index < -0.39 is 11.9 Å². The van der Waals surface area contributed by atoms with Crippen molar-refractivity contribution in [1.82, 2.24) is 25.0 Å². The third kappa shape index (κ3) is 4.03. The maximum atomic E-state index is 13.5. The van der Waals surface area contributed by atoms with Crippen LogP contribution in [0.15, 0.2) is 41.1 Å². The molecule has 3 atom stereocenters. The van der Waals surface area contributed by atoms with Crippen LogP contribution in [0.5, 0.6) is 6.01 Å². The maximum absolute atomic E-state index is 13.5. The van der Waals surface area contributed by atoms with Crippen molar-refractivity contribution in [3.63, 3.8) is 0 Å². The van der Waals surface area contributed by atoms with Crippen LogP contribution in [0.25, 0.3) is 11.5 Å². The molecule has 2 aliphatic rings. The Balaban J connectivity index is 1.32. The number of ether oxygens (including phenoxy) is 1. The number of hydrogen-bond acceptors (Lipinski definition) is 7. The van der Waals surface area contributed by atoms with Crippen molar-refractivity contribution in [2.24, 2.45) is 5.92 Å². The van der Waals surface area contributed by atoms with E-state index in [2.05, 4.69) is 20.1 Å². The standard InChI is InChI=1S/C22H20F3N5O3/c1-12-27-19(33-29-12)15-4-2-3-5-16(15)20(31)30-14-6-7-17(30)13(10-14)11-32-21-26-9-8-18(28-21)22(23,24)25/h2-5,8-9,13-14,17H,6-7,10-11H2,1H3. The number of carbonyl (C=O) groups excluding carboxylic acids is 1. The lowest BCUT2D eigenvalue weighted by atomic mass is 9.90. The summed E-state index contributed by atoms with van der Waals surface area (Å²) in [6.07, 6.45) is -1.17. The first-order valence-corrected chi connectivity index (χ1v) is 10.6. The van der Waals surface area contributed by atoms with E-state index in [0.29, 0.717) is 23.4 Å². The number of hydrogen-bond donors (Lipinski definition) is 0. The Morgan fingerprint density at radius 2 is 2.03 bits per heavy atom. The third-order valence-corrected chi connectivity index (χ3v) is 6.17. The molecule has 2 bridgehead atoms. The summed E-state index contributed by atoms with van der Waals surface area (Å²) >= 11 is 0. The molecule has 8 nitrogen and oxygen atoms in total. The van der Waals surface area contributed by atoms with Gasteiger partial charge in [0.2, 0.25) is 0 Å². The highest BCUT2D eigenvalue weighted by Gasteiger charge is 2.49. The average molecular weight is 459 g/mol. The van der Waals surface area contributed by atoms with E-state index in [1.54, 1.807) is 31.2 Å². The number of aryl methyl sites for hydroxylation is 1. The van der Waals surface area contributed by atoms with Gasteiger partial charge in [-0.2, -0.15) is 23.1 Å². The Labute approximate surface area is 186 Å². The smallest absolute Gasteiger partial charge is 0.433 e. The van der Waals surface area contributed by atoms with Crippen LogP contribution in [0.4, 0.5) is 13.2 Å². The monoisotopic (exact) mass is 459 g/mol. The van der Waals surface area contributed by atoms with Crippen LogP contribution in [0.1, 0.15) is 41.1 Å². The van der Waals surface area contributed by atoms with E-state index in [9.17, 15) is 18.0 Å². The molecule has 1 amide bonds. The molecule has 3 unspecified atom stereocenters. The number of carbonyl (C=O) groups is 1. The summed E-state index contributed by atoms with van der Waals surface area (Å²) in [6, 6.07) is 7.53. The van der Waals surface area contributed by atoms with Gasteiger partial charge in [-0.05, 0) is 44.4 Å². The van der Waals surface area contributed by atoms with E-state index >= 15 is 0 Å². The van der Waals surface area contributed by atoms with Crippen molar-refractivity contribution >= 4 is 5.91 Å². The van der Waals surface area contributed by atoms with E-state index in [4.69, 9.17) is 9.26 Å². The Kier molecular flexibility index (Phi) is 5.26. The van der Waals surface area contributed by atoms with Crippen molar-refractivity contribution in [1.29, 1.82) is 0 Å². The highest BCUT2D eigenvalue weighted by atomic mass is 19.4. The van der Waals surface area contributed by atoms with Gasteiger partial charge in [0, 0.05) is 24.2 Å². The van der Waals surface area contributed by atoms with Crippen LogP contribution in [0, 0.1) is 12.8 Å². The summed E-state index contributed by atoms with van der Waals surface area (Å²) in [5, 5.41) is 3.81. The van der Waals surface area contributed by atoms with Crippen LogP contribution in [0.2, 0.25) is 0 Å². The van der Waals surface area contributed by atoms with Gasteiger partial charge >= 0.3 is 12.2 Å². The van der Waals surface area contributed by atoms with Crippen LogP contribution in [-0.4, -0.2) is 49.6 Å². The first-order valence-electron chi connectivity index (χ1n) is 10.6. The van der Waals surface area contributed by atoms with Gasteiger partial charge < -0.3 is 14.2 Å². The van der Waals surface area contributed by atoms with Crippen LogP contribution >= 0.6 is 0 Å². The number of alkyl halides is 3. The lowest BCUT2D eigenvalue weighted by molar-refractivity contribution is -0.141. The summed E-state index contributed by atoms with van der Waals surface area (Å²) in [6.45, 7) is 1.84. The molecule has 0 saturated carbocycles. The molecular formula is C22H20F3N5O3. The first-order chi connectivity index (χ1) is 15.8. The Morgan fingerprint density at radius 1 is 1.21 bits per heavy atom. The van der Waals surface area contributed by atoms with Crippen molar-refractivity contribution in [3.05, 3.63) is 53.6 Å². The largest absolute Gasteiger partial charge is 0.463 e. The van der Waals surface area contributed by atoms with Crippen LogP contribution in [0.3, 0.4) is 0 Å². The number of rotatable bonds is 5. The molecule has 0 spiro atoms. The van der Waals surface area contributed by atoms with Gasteiger partial charge in [0.15, 0.2) is 11.5 Å². The van der Waals surface area contributed by atoms with Gasteiger partial charge in [-0.15, -0.1) is 0 Å². The van der Waals surface area contributed by atoms with Gasteiger partial charge in [-0.25, -0.2) is 4.98 Å². The molecule has 2 saturated heterocycles. The first kappa shape index (κ1) is 21.4. The third-order valence-electron chi connectivity index (χ3n) is 6.17. The second kappa shape index (κ2) is 8.13. The molecule has 5 rings (SSSR count). The summed E-state index contributed by atoms with van der Waals surface area (Å²) < 4.78 is 49.4. The highest BCUT2D eigenvalue weighted by Crippen LogP contribution is 2.43. The Bertz CT molecular complexity index is 1180. The normalized spacial score (nSPS) is 22.1. The van der Waals surface area contributed by atoms with Gasteiger partial charge in [0.25, 0.3) is 11.8 Å². The van der Waals surface area contributed by atoms with Crippen molar-refractivity contribution < 1.29 is 27.2 Å². The quantitative estimate of drug-likeness (QED) is 0.571. The summed E-state index contributed by atoms with van der Waals surface area (Å²) in [5.74, 6) is 0.600. The van der Waals surface area contributed by atoms with Gasteiger partial charge in [0.1, 0.15) is 0 Å². The highest BCUT2D eigenvalue weighted by molar-refractivity contribution is 6.00. The molecule has 11 heteroatoms. The van der Waals surface area contributed by atoms with Gasteiger partial charge in [-0.1, -0.05) is 17.3 Å². The van der Waals surface area contributed by atoms with Crippen molar-refractivity contribution in [3.8, 4) is 17.5 Å². The number of fused-ring (bicyclic) bond motifs is 2. The van der Waals surface area contributed by atoms with Crippen LogP contribution < -0.4 is 4.74 Å². The predicted molar refractivity (Wildman–Crippen MR) is 108 cm³/mol. The summed E-state index contributed by atoms with van der Waals surface area (Å²) in [4.78, 5) is 26.9. The molecule has 2 aliphatic heterocycles. The van der Waals surface area contributed by atoms with E-state index in [0.717, 1.165) is 25.1 Å². The molecule has 0 aliphatic carbocycles. The topological polar surface area (TPSA) is 94.2 Å². The fourth-order valence-electron chi connectivity index (χ4n) is 4.76. The fourth-order valence-corrected chi connectivity index (χ4v) is 4.76. The molecule has 0 radical (unpaired) electrons. The van der Waals surface area contributed by atoms with Gasteiger partial charge in [0.05, 0.1) is 17.7 Å². The Morgan fingerprint density at radius 3 is 2.79 bits per heavy atom. The molecular weight excluding hydrogens is 439 g/mol. The summed E-state index contributed by atoms with van der Waals surface area (Å²) in [7, 11) is 0. The molecule has 2 aromatic heterocycles.